The molecule has 0 spiro atoms. The number of tetrazole rings is 1. The highest BCUT2D eigenvalue weighted by Crippen LogP contribution is 2.33. The van der Waals surface area contributed by atoms with Gasteiger partial charge in [-0.1, -0.05) is 29.3 Å². The lowest BCUT2D eigenvalue weighted by atomic mass is 10.1. The van der Waals surface area contributed by atoms with Gasteiger partial charge in [-0.15, -0.1) is 5.10 Å². The number of benzene rings is 1. The summed E-state index contributed by atoms with van der Waals surface area (Å²) in [5, 5.41) is 11.4. The van der Waals surface area contributed by atoms with Gasteiger partial charge in [0.1, 0.15) is 6.33 Å². The van der Waals surface area contributed by atoms with E-state index in [9.17, 15) is 4.79 Å². The number of carbonyl (C=O) groups excluding carboxylic acids is 1. The summed E-state index contributed by atoms with van der Waals surface area (Å²) in [6, 6.07) is 4.96. The molecule has 7 nitrogen and oxygen atoms in total. The average molecular weight is 302 g/mol. The van der Waals surface area contributed by atoms with Crippen LogP contribution in [0.1, 0.15) is 11.7 Å². The van der Waals surface area contributed by atoms with Crippen molar-refractivity contribution in [3.8, 4) is 0 Å². The Balaban J connectivity index is 2.34. The van der Waals surface area contributed by atoms with Gasteiger partial charge in [0.05, 0.1) is 6.54 Å². The summed E-state index contributed by atoms with van der Waals surface area (Å²) in [5.41, 5.74) is 5.51. The molecule has 0 bridgehead atoms. The first-order chi connectivity index (χ1) is 9.08. The monoisotopic (exact) mass is 301 g/mol. The second-order valence-electron chi connectivity index (χ2n) is 3.59. The number of hydrogen-bond donors (Lipinski definition) is 1. The van der Waals surface area contributed by atoms with Crippen LogP contribution in [0.15, 0.2) is 24.5 Å². The van der Waals surface area contributed by atoms with Crippen molar-refractivity contribution in [1.29, 1.82) is 0 Å². The van der Waals surface area contributed by atoms with Crippen LogP contribution in [0.25, 0.3) is 0 Å². The van der Waals surface area contributed by atoms with Crippen molar-refractivity contribution in [2.45, 2.75) is 12.6 Å². The van der Waals surface area contributed by atoms with Crippen molar-refractivity contribution in [3.63, 3.8) is 0 Å². The summed E-state index contributed by atoms with van der Waals surface area (Å²) >= 11 is 12.1. The van der Waals surface area contributed by atoms with Crippen molar-refractivity contribution in [2.24, 2.45) is 5.73 Å². The number of carbonyl (C=O) groups is 1. The lowest BCUT2D eigenvalue weighted by Crippen LogP contribution is -2.22. The van der Waals surface area contributed by atoms with Crippen molar-refractivity contribution in [2.75, 3.05) is 0 Å². The third kappa shape index (κ3) is 3.33. The molecule has 19 heavy (non-hydrogen) atoms. The van der Waals surface area contributed by atoms with Crippen LogP contribution in [0.5, 0.6) is 0 Å². The highest BCUT2D eigenvalue weighted by atomic mass is 35.5. The van der Waals surface area contributed by atoms with Crippen LogP contribution in [-0.4, -0.2) is 26.3 Å². The van der Waals surface area contributed by atoms with E-state index in [1.54, 1.807) is 18.2 Å². The van der Waals surface area contributed by atoms with Crippen LogP contribution in [0.2, 0.25) is 10.0 Å². The number of ether oxygens (including phenoxy) is 1. The topological polar surface area (TPSA) is 95.9 Å². The Labute approximate surface area is 118 Å². The average Bonchev–Trinajstić information content (AvgIpc) is 2.80. The van der Waals surface area contributed by atoms with Gasteiger partial charge in [-0.3, -0.25) is 0 Å². The summed E-state index contributed by atoms with van der Waals surface area (Å²) in [4.78, 5) is 11.0. The molecule has 1 atom stereocenters. The number of hydrogen-bond acceptors (Lipinski definition) is 5. The first-order valence-electron chi connectivity index (χ1n) is 5.18. The molecule has 1 aromatic carbocycles. The molecule has 0 aliphatic heterocycles. The van der Waals surface area contributed by atoms with Gasteiger partial charge in [0, 0.05) is 15.6 Å². The van der Waals surface area contributed by atoms with Gasteiger partial charge >= 0.3 is 6.09 Å². The Morgan fingerprint density at radius 2 is 2.11 bits per heavy atom. The minimum Gasteiger partial charge on any atom is -0.439 e. The number of rotatable bonds is 4. The molecule has 0 fully saturated rings. The number of amides is 1. The maximum absolute atomic E-state index is 11.0. The maximum Gasteiger partial charge on any atom is 0.405 e. The molecule has 1 aromatic heterocycles. The van der Waals surface area contributed by atoms with Gasteiger partial charge in [0.2, 0.25) is 0 Å². The highest BCUT2D eigenvalue weighted by molar-refractivity contribution is 6.36. The van der Waals surface area contributed by atoms with E-state index in [0.29, 0.717) is 15.6 Å². The molecule has 2 N–H and O–H groups in total. The van der Waals surface area contributed by atoms with Crippen LogP contribution in [-0.2, 0) is 11.3 Å². The van der Waals surface area contributed by atoms with Gasteiger partial charge in [-0.2, -0.15) is 0 Å². The number of nitrogens with two attached hydrogens (primary N) is 1. The predicted octanol–water partition coefficient (Wildman–Crippen LogP) is 1.82. The van der Waals surface area contributed by atoms with E-state index < -0.39 is 12.2 Å². The number of aromatic nitrogens is 4. The Kier molecular flexibility index (Phi) is 4.18. The number of primary amides is 1. The molecule has 0 saturated carbocycles. The standard InChI is InChI=1S/C10H9Cl2N5O2/c11-6-2-1-3-7(12)9(6)8(19-10(13)18)4-17-5-14-15-16-17/h1-3,5,8H,4H2,(H2,13,18)/t8-/m1/s1. The third-order valence-corrected chi connectivity index (χ3v) is 2.98. The Morgan fingerprint density at radius 1 is 1.42 bits per heavy atom. The number of halogens is 2. The lowest BCUT2D eigenvalue weighted by molar-refractivity contribution is 0.0931. The molecule has 9 heteroatoms. The maximum atomic E-state index is 11.0. The highest BCUT2D eigenvalue weighted by Gasteiger charge is 2.22. The normalized spacial score (nSPS) is 12.1. The van der Waals surface area contributed by atoms with Gasteiger partial charge < -0.3 is 10.5 Å². The van der Waals surface area contributed by atoms with Gasteiger partial charge in [0.15, 0.2) is 6.10 Å². The van der Waals surface area contributed by atoms with E-state index in [4.69, 9.17) is 33.7 Å². The molecular weight excluding hydrogens is 293 g/mol. The van der Waals surface area contributed by atoms with Gasteiger partial charge in [-0.05, 0) is 22.6 Å². The van der Waals surface area contributed by atoms with E-state index in [1.807, 2.05) is 0 Å². The molecule has 0 aliphatic rings. The minimum atomic E-state index is -0.936. The van der Waals surface area contributed by atoms with E-state index in [0.717, 1.165) is 0 Å². The summed E-state index contributed by atoms with van der Waals surface area (Å²) in [7, 11) is 0. The second kappa shape index (κ2) is 5.85. The summed E-state index contributed by atoms with van der Waals surface area (Å²) in [5.74, 6) is 0. The zero-order chi connectivity index (χ0) is 13.8. The quantitative estimate of drug-likeness (QED) is 0.929. The molecular formula is C10H9Cl2N5O2. The van der Waals surface area contributed by atoms with Crippen LogP contribution < -0.4 is 5.73 Å². The number of nitrogens with zero attached hydrogens (tertiary/aromatic N) is 4. The molecule has 1 amide bonds. The smallest absolute Gasteiger partial charge is 0.405 e. The largest absolute Gasteiger partial charge is 0.439 e. The van der Waals surface area contributed by atoms with Crippen LogP contribution in [0.4, 0.5) is 4.79 Å². The molecule has 0 aliphatic carbocycles. The van der Waals surface area contributed by atoms with Crippen molar-refractivity contribution in [3.05, 3.63) is 40.1 Å². The van der Waals surface area contributed by atoms with Crippen LogP contribution in [0, 0.1) is 0 Å². The summed E-state index contributed by atoms with van der Waals surface area (Å²) in [6.45, 7) is 0.152. The first kappa shape index (κ1) is 13.6. The summed E-state index contributed by atoms with van der Waals surface area (Å²) < 4.78 is 6.41. The molecule has 0 radical (unpaired) electrons. The predicted molar refractivity (Wildman–Crippen MR) is 67.7 cm³/mol. The zero-order valence-corrected chi connectivity index (χ0v) is 11.0. The van der Waals surface area contributed by atoms with Crippen molar-refractivity contribution >= 4 is 29.3 Å². The van der Waals surface area contributed by atoms with E-state index in [-0.39, 0.29) is 6.54 Å². The van der Waals surface area contributed by atoms with Gasteiger partial charge in [0.25, 0.3) is 0 Å². The van der Waals surface area contributed by atoms with Gasteiger partial charge in [-0.25, -0.2) is 9.48 Å². The fraction of sp³-hybridized carbons (Fsp3) is 0.200. The van der Waals surface area contributed by atoms with E-state index >= 15 is 0 Å². The molecule has 2 rings (SSSR count). The minimum absolute atomic E-state index is 0.152. The van der Waals surface area contributed by atoms with E-state index in [2.05, 4.69) is 15.5 Å². The molecule has 1 heterocycles. The zero-order valence-electron chi connectivity index (χ0n) is 9.53. The molecule has 100 valence electrons. The molecule has 0 unspecified atom stereocenters. The fourth-order valence-electron chi connectivity index (χ4n) is 1.58. The fourth-order valence-corrected chi connectivity index (χ4v) is 2.22. The van der Waals surface area contributed by atoms with Crippen LogP contribution in [0.3, 0.4) is 0 Å². The Bertz CT molecular complexity index is 555. The second-order valence-corrected chi connectivity index (χ2v) is 4.41. The Hall–Kier alpha value is -1.86. The lowest BCUT2D eigenvalue weighted by Gasteiger charge is -2.18. The van der Waals surface area contributed by atoms with Crippen molar-refractivity contribution < 1.29 is 9.53 Å². The third-order valence-electron chi connectivity index (χ3n) is 2.32. The first-order valence-corrected chi connectivity index (χ1v) is 5.94. The molecule has 0 saturated heterocycles. The summed E-state index contributed by atoms with van der Waals surface area (Å²) in [6.07, 6.45) is -0.335. The SMILES string of the molecule is NC(=O)O[C@H](Cn1cnnn1)c1c(Cl)cccc1Cl. The van der Waals surface area contributed by atoms with Crippen molar-refractivity contribution in [1.82, 2.24) is 20.2 Å². The molecule has 2 aromatic rings. The van der Waals surface area contributed by atoms with Crippen LogP contribution >= 0.6 is 23.2 Å². The van der Waals surface area contributed by atoms with E-state index in [1.165, 1.54) is 11.0 Å². The Morgan fingerprint density at radius 3 is 2.63 bits per heavy atom.